The van der Waals surface area contributed by atoms with Crippen LogP contribution in [0.1, 0.15) is 6.42 Å². The van der Waals surface area contributed by atoms with E-state index >= 15 is 0 Å². The van der Waals surface area contributed by atoms with E-state index in [-0.39, 0.29) is 0 Å². The van der Waals surface area contributed by atoms with Crippen molar-refractivity contribution in [2.24, 2.45) is 5.10 Å². The molecule has 0 saturated heterocycles. The van der Waals surface area contributed by atoms with Crippen LogP contribution in [0.4, 0.5) is 0 Å². The maximum absolute atomic E-state index is 4.18. The van der Waals surface area contributed by atoms with Crippen LogP contribution in [0.5, 0.6) is 0 Å². The largest absolute Gasteiger partial charge is 0.310 e. The summed E-state index contributed by atoms with van der Waals surface area (Å²) >= 11 is 0. The number of aromatic nitrogens is 1. The average molecular weight is 353 g/mol. The Morgan fingerprint density at radius 3 is 1.74 bits per heavy atom. The van der Waals surface area contributed by atoms with Gasteiger partial charge in [-0.2, -0.15) is 5.10 Å². The van der Waals surface area contributed by atoms with Gasteiger partial charge in [0.2, 0.25) is 0 Å². The summed E-state index contributed by atoms with van der Waals surface area (Å²) in [5.41, 5.74) is 6.40. The summed E-state index contributed by atoms with van der Waals surface area (Å²) in [5, 5.41) is 4.91. The number of pyridine rings is 1. The lowest BCUT2D eigenvalue weighted by Crippen LogP contribution is -1.96. The van der Waals surface area contributed by atoms with Crippen molar-refractivity contribution in [1.29, 1.82) is 0 Å². The van der Waals surface area contributed by atoms with E-state index in [4.69, 9.17) is 0 Å². The van der Waals surface area contributed by atoms with Crippen LogP contribution >= 0.6 is 0 Å². The minimum atomic E-state index is 1.03. The maximum atomic E-state index is 4.18. The van der Waals surface area contributed by atoms with Crippen LogP contribution in [0.2, 0.25) is 0 Å². The molecule has 0 radical (unpaired) electrons. The second-order valence-corrected chi connectivity index (χ2v) is 5.94. The van der Waals surface area contributed by atoms with Crippen molar-refractivity contribution in [2.45, 2.75) is 6.42 Å². The lowest BCUT2D eigenvalue weighted by atomic mass is 10.1. The molecule has 0 atom stereocenters. The molecule has 0 fully saturated rings. The summed E-state index contributed by atoms with van der Waals surface area (Å²) in [5.74, 6) is 0. The lowest BCUT2D eigenvalue weighted by molar-refractivity contribution is 0.813. The zero-order valence-corrected chi connectivity index (χ0v) is 15.2. The van der Waals surface area contributed by atoms with Gasteiger partial charge in [-0.25, -0.2) is 0 Å². The Labute approximate surface area is 160 Å². The molecule has 0 saturated carbocycles. The number of hydrazone groups is 1. The third-order valence-corrected chi connectivity index (χ3v) is 3.96. The van der Waals surface area contributed by atoms with Crippen LogP contribution in [0, 0.1) is 0 Å². The van der Waals surface area contributed by atoms with Gasteiger partial charge in [0.05, 0.1) is 5.52 Å². The summed E-state index contributed by atoms with van der Waals surface area (Å²) in [6.07, 6.45) is 4.78. The number of nitrogens with zero attached hydrogens (tertiary/aromatic N) is 2. The smallest absolute Gasteiger partial charge is 0.0701 e. The molecule has 0 aliphatic carbocycles. The van der Waals surface area contributed by atoms with Gasteiger partial charge in [0.15, 0.2) is 0 Å². The summed E-state index contributed by atoms with van der Waals surface area (Å²) in [6, 6.07) is 32.9. The van der Waals surface area contributed by atoms with E-state index in [9.17, 15) is 0 Å². The first kappa shape index (κ1) is 18.3. The summed E-state index contributed by atoms with van der Waals surface area (Å²) < 4.78 is 0. The lowest BCUT2D eigenvalue weighted by Gasteiger charge is -1.98. The first-order valence-corrected chi connectivity index (χ1v) is 9.08. The van der Waals surface area contributed by atoms with Crippen molar-refractivity contribution in [3.05, 3.63) is 103 Å². The summed E-state index contributed by atoms with van der Waals surface area (Å²) in [6.45, 7) is 1.03. The van der Waals surface area contributed by atoms with Gasteiger partial charge < -0.3 is 5.43 Å². The van der Waals surface area contributed by atoms with Crippen molar-refractivity contribution in [3.8, 4) is 11.1 Å². The maximum Gasteiger partial charge on any atom is 0.0701 e. The van der Waals surface area contributed by atoms with E-state index < -0.39 is 0 Å². The third-order valence-electron chi connectivity index (χ3n) is 3.96. The van der Waals surface area contributed by atoms with Crippen LogP contribution in [-0.4, -0.2) is 17.7 Å². The van der Waals surface area contributed by atoms with E-state index in [0.717, 1.165) is 18.5 Å². The normalized spacial score (nSPS) is 11.6. The number of hydrogen-bond acceptors (Lipinski definition) is 3. The molecular weight excluding hydrogens is 330 g/mol. The number of hydrogen-bond donors (Lipinski definition) is 1. The van der Waals surface area contributed by atoms with Crippen molar-refractivity contribution < 1.29 is 0 Å². The molecule has 3 aromatic carbocycles. The number of nitrogens with one attached hydrogen (secondary N) is 1. The fraction of sp³-hybridized carbons (Fsp3) is 0.0833. The molecular formula is C24H23N3. The van der Waals surface area contributed by atoms with Crippen molar-refractivity contribution >= 4 is 17.1 Å². The fourth-order valence-corrected chi connectivity index (χ4v) is 2.60. The highest BCUT2D eigenvalue weighted by atomic mass is 15.3. The molecule has 0 bridgehead atoms. The van der Waals surface area contributed by atoms with Crippen LogP contribution in [0.3, 0.4) is 0 Å². The number of fused-ring (bicyclic) bond motifs is 1. The fourth-order valence-electron chi connectivity index (χ4n) is 2.60. The van der Waals surface area contributed by atoms with Gasteiger partial charge >= 0.3 is 0 Å². The highest BCUT2D eigenvalue weighted by molar-refractivity contribution is 5.77. The van der Waals surface area contributed by atoms with E-state index in [0.29, 0.717) is 0 Å². The van der Waals surface area contributed by atoms with Gasteiger partial charge in [-0.05, 0) is 23.3 Å². The third kappa shape index (κ3) is 6.08. The molecule has 3 heteroatoms. The summed E-state index contributed by atoms with van der Waals surface area (Å²) in [7, 11) is 0. The molecule has 0 unspecified atom stereocenters. The Kier molecular flexibility index (Phi) is 7.14. The van der Waals surface area contributed by atoms with E-state index in [1.165, 1.54) is 16.5 Å². The van der Waals surface area contributed by atoms with Crippen LogP contribution < -0.4 is 5.43 Å². The van der Waals surface area contributed by atoms with Gasteiger partial charge in [0.1, 0.15) is 0 Å². The Bertz CT molecular complexity index is 842. The van der Waals surface area contributed by atoms with E-state index in [1.807, 2.05) is 48.8 Å². The molecule has 1 aliphatic rings. The van der Waals surface area contributed by atoms with Crippen molar-refractivity contribution in [3.63, 3.8) is 0 Å². The Morgan fingerprint density at radius 1 is 0.630 bits per heavy atom. The summed E-state index contributed by atoms with van der Waals surface area (Å²) in [4.78, 5) is 4.18. The van der Waals surface area contributed by atoms with Crippen LogP contribution in [-0.2, 0) is 0 Å². The van der Waals surface area contributed by atoms with Crippen molar-refractivity contribution in [1.82, 2.24) is 10.4 Å². The van der Waals surface area contributed by atoms with Gasteiger partial charge in [-0.15, -0.1) is 0 Å². The Hall–Kier alpha value is -3.46. The van der Waals surface area contributed by atoms with Gasteiger partial charge in [-0.1, -0.05) is 84.9 Å². The van der Waals surface area contributed by atoms with Crippen LogP contribution in [0.15, 0.2) is 108 Å². The molecule has 4 aromatic rings. The topological polar surface area (TPSA) is 37.3 Å². The molecule has 2 heterocycles. The molecule has 1 aliphatic heterocycles. The second kappa shape index (κ2) is 10.5. The van der Waals surface area contributed by atoms with Gasteiger partial charge in [-0.3, -0.25) is 4.98 Å². The molecule has 0 amide bonds. The molecule has 27 heavy (non-hydrogen) atoms. The second-order valence-electron chi connectivity index (χ2n) is 5.94. The van der Waals surface area contributed by atoms with Gasteiger partial charge in [0, 0.05) is 30.8 Å². The first-order valence-electron chi connectivity index (χ1n) is 9.08. The highest BCUT2D eigenvalue weighted by Gasteiger charge is 1.91. The van der Waals surface area contributed by atoms with Crippen molar-refractivity contribution in [2.75, 3.05) is 6.54 Å². The quantitative estimate of drug-likeness (QED) is 0.487. The molecule has 3 nitrogen and oxygen atoms in total. The Morgan fingerprint density at radius 2 is 1.22 bits per heavy atom. The monoisotopic (exact) mass is 353 g/mol. The molecule has 1 N–H and O–H groups in total. The minimum Gasteiger partial charge on any atom is -0.310 e. The number of rotatable bonds is 1. The van der Waals surface area contributed by atoms with Gasteiger partial charge in [0.25, 0.3) is 0 Å². The Balaban J connectivity index is 0.000000126. The molecule has 1 aromatic heterocycles. The molecule has 0 spiro atoms. The van der Waals surface area contributed by atoms with E-state index in [2.05, 4.69) is 76.2 Å². The minimum absolute atomic E-state index is 1.03. The zero-order valence-electron chi connectivity index (χ0n) is 15.2. The number of benzene rings is 3. The number of para-hydroxylation sites is 1. The molecule has 134 valence electrons. The zero-order chi connectivity index (χ0) is 18.6. The predicted octanol–water partition coefficient (Wildman–Crippen LogP) is 5.55. The van der Waals surface area contributed by atoms with E-state index in [1.54, 1.807) is 0 Å². The highest BCUT2D eigenvalue weighted by Crippen LogP contribution is 2.17. The predicted molar refractivity (Wildman–Crippen MR) is 115 cm³/mol. The first-order chi connectivity index (χ1) is 13.4. The standard InChI is InChI=1S/C12H10.C9H7N.C3H6N2/c1-3-7-11(8-4-1)12-9-5-2-6-10-12;1-2-6-9-8(4-1)5-3-7-10-9;1-2-4-5-3-1/h1-10H;1-7H;2,5H,1,3H2. The average Bonchev–Trinajstić information content (AvgIpc) is 3.36. The SMILES string of the molecule is C1=NNCC1.c1ccc(-c2ccccc2)cc1.c1ccc2ncccc2c1. The van der Waals surface area contributed by atoms with Crippen LogP contribution in [0.25, 0.3) is 22.0 Å². The molecule has 5 rings (SSSR count).